The molecule has 0 spiro atoms. The average Bonchev–Trinajstić information content (AvgIpc) is 2.90. The van der Waals surface area contributed by atoms with Crippen molar-refractivity contribution < 1.29 is 14.3 Å². The smallest absolute Gasteiger partial charge is 0.308 e. The van der Waals surface area contributed by atoms with Crippen molar-refractivity contribution in [1.82, 2.24) is 9.55 Å². The first-order valence-electron chi connectivity index (χ1n) is 12.7. The second-order valence-electron chi connectivity index (χ2n) is 9.76. The molecule has 1 aromatic heterocycles. The molecule has 8 nitrogen and oxygen atoms in total. The van der Waals surface area contributed by atoms with Gasteiger partial charge in [0.1, 0.15) is 5.75 Å². The third-order valence-corrected chi connectivity index (χ3v) is 6.12. The van der Waals surface area contributed by atoms with Crippen molar-refractivity contribution in [3.8, 4) is 17.0 Å². The van der Waals surface area contributed by atoms with Gasteiger partial charge in [0.2, 0.25) is 0 Å². The van der Waals surface area contributed by atoms with Crippen LogP contribution in [0.2, 0.25) is 0 Å². The molecule has 0 atom stereocenters. The van der Waals surface area contributed by atoms with E-state index in [1.165, 1.54) is 11.5 Å². The van der Waals surface area contributed by atoms with E-state index < -0.39 is 5.97 Å². The van der Waals surface area contributed by atoms with Crippen LogP contribution in [-0.4, -0.2) is 28.0 Å². The molecular weight excluding hydrogens is 492 g/mol. The first kappa shape index (κ1) is 27.3. The summed E-state index contributed by atoms with van der Waals surface area (Å²) in [6.07, 6.45) is 1.68. The monoisotopic (exact) mass is 524 g/mol. The van der Waals surface area contributed by atoms with Gasteiger partial charge in [0.15, 0.2) is 5.82 Å². The number of carbonyl (C=O) groups is 2. The van der Waals surface area contributed by atoms with Crippen LogP contribution < -0.4 is 20.5 Å². The van der Waals surface area contributed by atoms with E-state index in [1.807, 2.05) is 55.5 Å². The van der Waals surface area contributed by atoms with Crippen LogP contribution in [0.3, 0.4) is 0 Å². The standard InChI is InChI=1S/C31H32N4O4/c1-20(2)18-35(30(37)23-11-7-6-8-12-23)28-16-10-15-26(21(28)3)27-19-34(5)31(38)29(33-27)32-24-13-9-14-25(17-24)39-22(4)36/h6-17,19-20H,18H2,1-5H3,(H,32,33). The normalized spacial score (nSPS) is 10.8. The molecule has 0 aliphatic heterocycles. The lowest BCUT2D eigenvalue weighted by Crippen LogP contribution is -2.34. The number of ether oxygens (including phenoxy) is 1. The van der Waals surface area contributed by atoms with Crippen LogP contribution in [0.15, 0.2) is 83.8 Å². The van der Waals surface area contributed by atoms with Gasteiger partial charge in [-0.1, -0.05) is 50.2 Å². The Labute approximate surface area is 227 Å². The lowest BCUT2D eigenvalue weighted by molar-refractivity contribution is -0.131. The minimum atomic E-state index is -0.434. The maximum Gasteiger partial charge on any atom is 0.308 e. The lowest BCUT2D eigenvalue weighted by Gasteiger charge is -2.27. The van der Waals surface area contributed by atoms with Gasteiger partial charge in [0.25, 0.3) is 11.5 Å². The minimum Gasteiger partial charge on any atom is -0.427 e. The Hall–Kier alpha value is -4.72. The van der Waals surface area contributed by atoms with Gasteiger partial charge < -0.3 is 19.5 Å². The van der Waals surface area contributed by atoms with Crippen molar-refractivity contribution in [3.05, 3.63) is 100 Å². The van der Waals surface area contributed by atoms with Gasteiger partial charge in [-0.15, -0.1) is 0 Å². The molecule has 4 rings (SSSR count). The highest BCUT2D eigenvalue weighted by Crippen LogP contribution is 2.32. The fraction of sp³-hybridized carbons (Fsp3) is 0.226. The van der Waals surface area contributed by atoms with Gasteiger partial charge >= 0.3 is 5.97 Å². The summed E-state index contributed by atoms with van der Waals surface area (Å²) < 4.78 is 6.62. The number of amides is 1. The zero-order valence-corrected chi connectivity index (χ0v) is 22.8. The van der Waals surface area contributed by atoms with Crippen molar-refractivity contribution in [2.75, 3.05) is 16.8 Å². The predicted molar refractivity (Wildman–Crippen MR) is 154 cm³/mol. The van der Waals surface area contributed by atoms with Gasteiger partial charge in [-0.25, -0.2) is 4.98 Å². The van der Waals surface area contributed by atoms with E-state index >= 15 is 0 Å². The summed E-state index contributed by atoms with van der Waals surface area (Å²) in [5.74, 6) is 0.218. The maximum atomic E-state index is 13.6. The molecule has 1 heterocycles. The number of aromatic nitrogens is 2. The molecule has 0 unspecified atom stereocenters. The van der Waals surface area contributed by atoms with Crippen LogP contribution >= 0.6 is 0 Å². The van der Waals surface area contributed by atoms with Crippen LogP contribution in [0, 0.1) is 12.8 Å². The van der Waals surface area contributed by atoms with Crippen molar-refractivity contribution >= 4 is 29.1 Å². The van der Waals surface area contributed by atoms with Crippen LogP contribution in [0.5, 0.6) is 5.75 Å². The number of hydrogen-bond donors (Lipinski definition) is 1. The highest BCUT2D eigenvalue weighted by Gasteiger charge is 2.22. The van der Waals surface area contributed by atoms with E-state index in [-0.39, 0.29) is 23.2 Å². The fourth-order valence-electron chi connectivity index (χ4n) is 4.34. The highest BCUT2D eigenvalue weighted by atomic mass is 16.5. The Morgan fingerprint density at radius 1 is 1.03 bits per heavy atom. The Bertz CT molecular complexity index is 1560. The average molecular weight is 525 g/mol. The van der Waals surface area contributed by atoms with Gasteiger partial charge in [-0.2, -0.15) is 0 Å². The van der Waals surface area contributed by atoms with Crippen molar-refractivity contribution in [2.24, 2.45) is 13.0 Å². The van der Waals surface area contributed by atoms with E-state index in [0.29, 0.717) is 29.2 Å². The molecule has 1 amide bonds. The van der Waals surface area contributed by atoms with Gasteiger partial charge in [-0.3, -0.25) is 14.4 Å². The molecule has 0 bridgehead atoms. The summed E-state index contributed by atoms with van der Waals surface area (Å²) >= 11 is 0. The van der Waals surface area contributed by atoms with Crippen LogP contribution in [0.25, 0.3) is 11.3 Å². The fourth-order valence-corrected chi connectivity index (χ4v) is 4.34. The molecular formula is C31H32N4O4. The molecule has 8 heteroatoms. The molecule has 3 aromatic carbocycles. The second kappa shape index (κ2) is 11.8. The van der Waals surface area contributed by atoms with E-state index in [0.717, 1.165) is 16.8 Å². The molecule has 0 fully saturated rings. The largest absolute Gasteiger partial charge is 0.427 e. The summed E-state index contributed by atoms with van der Waals surface area (Å²) in [6.45, 7) is 7.98. The van der Waals surface area contributed by atoms with Gasteiger partial charge in [0, 0.05) is 55.3 Å². The Balaban J connectivity index is 1.75. The van der Waals surface area contributed by atoms with Gasteiger partial charge in [0.05, 0.1) is 5.69 Å². The first-order valence-corrected chi connectivity index (χ1v) is 12.7. The summed E-state index contributed by atoms with van der Waals surface area (Å²) in [6, 6.07) is 21.7. The molecule has 39 heavy (non-hydrogen) atoms. The molecule has 0 saturated carbocycles. The summed E-state index contributed by atoms with van der Waals surface area (Å²) in [5, 5.41) is 3.06. The zero-order valence-electron chi connectivity index (χ0n) is 22.8. The van der Waals surface area contributed by atoms with E-state index in [1.54, 1.807) is 42.4 Å². The first-order chi connectivity index (χ1) is 18.6. The van der Waals surface area contributed by atoms with Gasteiger partial charge in [-0.05, 0) is 48.7 Å². The van der Waals surface area contributed by atoms with Crippen molar-refractivity contribution in [1.29, 1.82) is 0 Å². The minimum absolute atomic E-state index is 0.0759. The van der Waals surface area contributed by atoms with E-state index in [4.69, 9.17) is 4.74 Å². The lowest BCUT2D eigenvalue weighted by atomic mass is 10.0. The molecule has 4 aromatic rings. The number of nitrogens with one attached hydrogen (secondary N) is 1. The zero-order chi connectivity index (χ0) is 28.1. The number of rotatable bonds is 8. The summed E-state index contributed by atoms with van der Waals surface area (Å²) in [4.78, 5) is 44.3. The quantitative estimate of drug-likeness (QED) is 0.234. The SMILES string of the molecule is CC(=O)Oc1cccc(Nc2nc(-c3cccc(N(CC(C)C)C(=O)c4ccccc4)c3C)cn(C)c2=O)c1. The topological polar surface area (TPSA) is 93.5 Å². The van der Waals surface area contributed by atoms with E-state index in [9.17, 15) is 14.4 Å². The van der Waals surface area contributed by atoms with Crippen molar-refractivity contribution in [2.45, 2.75) is 27.7 Å². The number of nitrogens with zero attached hydrogens (tertiary/aromatic N) is 3. The Morgan fingerprint density at radius 3 is 2.44 bits per heavy atom. The number of esters is 1. The number of anilines is 3. The van der Waals surface area contributed by atoms with E-state index in [2.05, 4.69) is 24.1 Å². The highest BCUT2D eigenvalue weighted by molar-refractivity contribution is 6.07. The maximum absolute atomic E-state index is 13.6. The summed E-state index contributed by atoms with van der Waals surface area (Å²) in [7, 11) is 1.66. The Morgan fingerprint density at radius 2 is 1.74 bits per heavy atom. The molecule has 200 valence electrons. The van der Waals surface area contributed by atoms with Crippen LogP contribution in [-0.2, 0) is 11.8 Å². The number of carbonyl (C=O) groups excluding carboxylic acids is 2. The molecule has 0 saturated heterocycles. The number of hydrogen-bond acceptors (Lipinski definition) is 6. The third-order valence-electron chi connectivity index (χ3n) is 6.12. The molecule has 0 radical (unpaired) electrons. The molecule has 1 N–H and O–H groups in total. The third kappa shape index (κ3) is 6.41. The van der Waals surface area contributed by atoms with Crippen molar-refractivity contribution in [3.63, 3.8) is 0 Å². The second-order valence-corrected chi connectivity index (χ2v) is 9.76. The molecule has 0 aliphatic rings. The van der Waals surface area contributed by atoms with Crippen LogP contribution in [0.4, 0.5) is 17.2 Å². The number of benzene rings is 3. The summed E-state index contributed by atoms with van der Waals surface area (Å²) in [5.41, 5.74) is 3.89. The predicted octanol–water partition coefficient (Wildman–Crippen LogP) is 5.73. The Kier molecular flexibility index (Phi) is 8.24. The van der Waals surface area contributed by atoms with Crippen LogP contribution in [0.1, 0.15) is 36.7 Å². The number of aryl methyl sites for hydroxylation is 1. The molecule has 0 aliphatic carbocycles.